The van der Waals surface area contributed by atoms with E-state index in [1.54, 1.807) is 24.5 Å². The standard InChI is InChI=1S/C13H18N2O3/c1-2-3-4-11(13(17)18)15-12(16)9-10-5-7-14-8-6-10/h5-8,11H,2-4,9H2,1H3,(H,15,16)(H,17,18). The van der Waals surface area contributed by atoms with E-state index in [0.717, 1.165) is 18.4 Å². The lowest BCUT2D eigenvalue weighted by molar-refractivity contribution is -0.142. The van der Waals surface area contributed by atoms with Gasteiger partial charge in [0, 0.05) is 12.4 Å². The molecular formula is C13H18N2O3. The van der Waals surface area contributed by atoms with Gasteiger partial charge in [0.15, 0.2) is 0 Å². The first-order chi connectivity index (χ1) is 8.63. The molecule has 0 spiro atoms. The van der Waals surface area contributed by atoms with Gasteiger partial charge >= 0.3 is 5.97 Å². The number of carboxylic acid groups (broad SMARTS) is 1. The van der Waals surface area contributed by atoms with E-state index in [2.05, 4.69) is 10.3 Å². The van der Waals surface area contributed by atoms with Crippen molar-refractivity contribution in [2.24, 2.45) is 0 Å². The smallest absolute Gasteiger partial charge is 0.326 e. The number of hydrogen-bond donors (Lipinski definition) is 2. The minimum Gasteiger partial charge on any atom is -0.480 e. The molecule has 0 aliphatic carbocycles. The van der Waals surface area contributed by atoms with Crippen LogP contribution < -0.4 is 5.32 Å². The van der Waals surface area contributed by atoms with Crippen LogP contribution in [0.3, 0.4) is 0 Å². The highest BCUT2D eigenvalue weighted by atomic mass is 16.4. The van der Waals surface area contributed by atoms with Gasteiger partial charge in [-0.25, -0.2) is 4.79 Å². The van der Waals surface area contributed by atoms with Crippen LogP contribution >= 0.6 is 0 Å². The van der Waals surface area contributed by atoms with Gasteiger partial charge in [0.05, 0.1) is 6.42 Å². The molecule has 5 nitrogen and oxygen atoms in total. The van der Waals surface area contributed by atoms with Gasteiger partial charge in [0.2, 0.25) is 5.91 Å². The second-order valence-corrected chi connectivity index (χ2v) is 4.13. The maximum Gasteiger partial charge on any atom is 0.326 e. The number of nitrogens with one attached hydrogen (secondary N) is 1. The van der Waals surface area contributed by atoms with Crippen LogP contribution in [-0.2, 0) is 16.0 Å². The van der Waals surface area contributed by atoms with Crippen molar-refractivity contribution in [3.63, 3.8) is 0 Å². The molecule has 1 aromatic rings. The van der Waals surface area contributed by atoms with Gasteiger partial charge in [-0.3, -0.25) is 9.78 Å². The summed E-state index contributed by atoms with van der Waals surface area (Å²) in [6.45, 7) is 1.98. The van der Waals surface area contributed by atoms with E-state index < -0.39 is 12.0 Å². The molecule has 1 rings (SSSR count). The Morgan fingerprint density at radius 2 is 2.06 bits per heavy atom. The summed E-state index contributed by atoms with van der Waals surface area (Å²) in [6.07, 6.45) is 5.55. The molecular weight excluding hydrogens is 232 g/mol. The monoisotopic (exact) mass is 250 g/mol. The molecule has 1 amide bonds. The Balaban J connectivity index is 2.48. The number of hydrogen-bond acceptors (Lipinski definition) is 3. The number of aromatic nitrogens is 1. The first-order valence-electron chi connectivity index (χ1n) is 6.04. The zero-order valence-corrected chi connectivity index (χ0v) is 10.4. The van der Waals surface area contributed by atoms with Crippen LogP contribution in [0.15, 0.2) is 24.5 Å². The summed E-state index contributed by atoms with van der Waals surface area (Å²) >= 11 is 0. The second kappa shape index (κ2) is 7.42. The van der Waals surface area contributed by atoms with E-state index >= 15 is 0 Å². The first kappa shape index (κ1) is 14.2. The van der Waals surface area contributed by atoms with E-state index in [9.17, 15) is 9.59 Å². The maximum absolute atomic E-state index is 11.7. The van der Waals surface area contributed by atoms with Gasteiger partial charge in [-0.15, -0.1) is 0 Å². The first-order valence-corrected chi connectivity index (χ1v) is 6.04. The minimum absolute atomic E-state index is 0.179. The fourth-order valence-electron chi connectivity index (χ4n) is 1.60. The SMILES string of the molecule is CCCCC(NC(=O)Cc1ccncc1)C(=O)O. The molecule has 1 atom stereocenters. The van der Waals surface area contributed by atoms with Gasteiger partial charge in [-0.2, -0.15) is 0 Å². The van der Waals surface area contributed by atoms with Crippen molar-refractivity contribution in [1.82, 2.24) is 10.3 Å². The average molecular weight is 250 g/mol. The third-order valence-corrected chi connectivity index (χ3v) is 2.59. The fraction of sp³-hybridized carbons (Fsp3) is 0.462. The number of carboxylic acids is 1. The van der Waals surface area contributed by atoms with Crippen molar-refractivity contribution in [3.05, 3.63) is 30.1 Å². The van der Waals surface area contributed by atoms with Crippen LogP contribution in [0.5, 0.6) is 0 Å². The molecule has 1 heterocycles. The number of carbonyl (C=O) groups is 2. The van der Waals surface area contributed by atoms with E-state index in [1.807, 2.05) is 6.92 Å². The summed E-state index contributed by atoms with van der Waals surface area (Å²) < 4.78 is 0. The summed E-state index contributed by atoms with van der Waals surface area (Å²) in [6, 6.07) is 2.68. The van der Waals surface area contributed by atoms with E-state index in [-0.39, 0.29) is 12.3 Å². The maximum atomic E-state index is 11.7. The summed E-state index contributed by atoms with van der Waals surface area (Å²) in [5.74, 6) is -1.25. The summed E-state index contributed by atoms with van der Waals surface area (Å²) in [4.78, 5) is 26.5. The lowest BCUT2D eigenvalue weighted by Crippen LogP contribution is -2.41. The van der Waals surface area contributed by atoms with Crippen LogP contribution in [-0.4, -0.2) is 28.0 Å². The van der Waals surface area contributed by atoms with Crippen molar-refractivity contribution in [2.45, 2.75) is 38.6 Å². The van der Waals surface area contributed by atoms with Crippen LogP contribution in [0, 0.1) is 0 Å². The van der Waals surface area contributed by atoms with Crippen molar-refractivity contribution in [1.29, 1.82) is 0 Å². The fourth-order valence-corrected chi connectivity index (χ4v) is 1.60. The van der Waals surface area contributed by atoms with Crippen LogP contribution in [0.4, 0.5) is 0 Å². The van der Waals surface area contributed by atoms with Crippen molar-refractivity contribution in [2.75, 3.05) is 0 Å². The molecule has 0 saturated heterocycles. The number of nitrogens with zero attached hydrogens (tertiary/aromatic N) is 1. The van der Waals surface area contributed by atoms with Crippen LogP contribution in [0.25, 0.3) is 0 Å². The molecule has 0 fully saturated rings. The largest absolute Gasteiger partial charge is 0.480 e. The zero-order valence-electron chi connectivity index (χ0n) is 10.4. The molecule has 0 saturated carbocycles. The van der Waals surface area contributed by atoms with Crippen molar-refractivity contribution in [3.8, 4) is 0 Å². The number of rotatable bonds is 7. The van der Waals surface area contributed by atoms with E-state index in [0.29, 0.717) is 6.42 Å². The highest BCUT2D eigenvalue weighted by molar-refractivity contribution is 5.84. The third-order valence-electron chi connectivity index (χ3n) is 2.59. The molecule has 18 heavy (non-hydrogen) atoms. The topological polar surface area (TPSA) is 79.3 Å². The Bertz CT molecular complexity index is 392. The molecule has 2 N–H and O–H groups in total. The zero-order chi connectivity index (χ0) is 13.4. The number of pyridine rings is 1. The molecule has 0 radical (unpaired) electrons. The number of aliphatic carboxylic acids is 1. The van der Waals surface area contributed by atoms with E-state index in [4.69, 9.17) is 5.11 Å². The van der Waals surface area contributed by atoms with Crippen LogP contribution in [0.2, 0.25) is 0 Å². The minimum atomic E-state index is -0.980. The van der Waals surface area contributed by atoms with Gasteiger partial charge in [0.25, 0.3) is 0 Å². The Labute approximate surface area is 106 Å². The molecule has 0 aliphatic heterocycles. The summed E-state index contributed by atoms with van der Waals surface area (Å²) in [5.41, 5.74) is 0.821. The number of carbonyl (C=O) groups excluding carboxylic acids is 1. The number of amides is 1. The Hall–Kier alpha value is -1.91. The van der Waals surface area contributed by atoms with Gasteiger partial charge in [0.1, 0.15) is 6.04 Å². The van der Waals surface area contributed by atoms with Crippen molar-refractivity contribution >= 4 is 11.9 Å². The molecule has 0 aliphatic rings. The van der Waals surface area contributed by atoms with Crippen molar-refractivity contribution < 1.29 is 14.7 Å². The highest BCUT2D eigenvalue weighted by Gasteiger charge is 2.18. The third kappa shape index (κ3) is 4.95. The molecule has 5 heteroatoms. The normalized spacial score (nSPS) is 11.8. The van der Waals surface area contributed by atoms with Gasteiger partial charge < -0.3 is 10.4 Å². The lowest BCUT2D eigenvalue weighted by Gasteiger charge is -2.13. The highest BCUT2D eigenvalue weighted by Crippen LogP contribution is 2.03. The second-order valence-electron chi connectivity index (χ2n) is 4.13. The molecule has 0 aromatic carbocycles. The van der Waals surface area contributed by atoms with Gasteiger partial charge in [-0.05, 0) is 24.1 Å². The van der Waals surface area contributed by atoms with Crippen LogP contribution in [0.1, 0.15) is 31.7 Å². The summed E-state index contributed by atoms with van der Waals surface area (Å²) in [7, 11) is 0. The Kier molecular flexibility index (Phi) is 5.84. The predicted octanol–water partition coefficient (Wildman–Crippen LogP) is 1.38. The van der Waals surface area contributed by atoms with Gasteiger partial charge in [-0.1, -0.05) is 19.8 Å². The number of unbranched alkanes of at least 4 members (excludes halogenated alkanes) is 1. The molecule has 98 valence electrons. The van der Waals surface area contributed by atoms with E-state index in [1.165, 1.54) is 0 Å². The molecule has 0 bridgehead atoms. The predicted molar refractivity (Wildman–Crippen MR) is 67.0 cm³/mol. The summed E-state index contributed by atoms with van der Waals surface area (Å²) in [5, 5.41) is 11.5. The Morgan fingerprint density at radius 3 is 2.61 bits per heavy atom. The lowest BCUT2D eigenvalue weighted by atomic mass is 10.1. The Morgan fingerprint density at radius 1 is 1.39 bits per heavy atom. The average Bonchev–Trinajstić information content (AvgIpc) is 2.35. The molecule has 1 aromatic heterocycles. The molecule has 1 unspecified atom stereocenters. The quantitative estimate of drug-likeness (QED) is 0.766.